The molecule has 2 heterocycles. The molecule has 0 radical (unpaired) electrons. The number of nitrogens with zero attached hydrogens (tertiary/aromatic N) is 1. The number of anilines is 1. The summed E-state index contributed by atoms with van der Waals surface area (Å²) >= 11 is 6.58. The lowest BCUT2D eigenvalue weighted by Gasteiger charge is -2.41. The molecule has 3 rings (SSSR count). The minimum Gasteiger partial charge on any atom is -0.495 e. The molecule has 6 atom stereocenters. The monoisotopic (exact) mass is 564 g/mol. The van der Waals surface area contributed by atoms with Crippen molar-refractivity contribution >= 4 is 29.3 Å². The first-order valence-electron chi connectivity index (χ1n) is 13.1. The predicted octanol–water partition coefficient (Wildman–Crippen LogP) is 4.78. The Morgan fingerprint density at radius 3 is 2.69 bits per heavy atom. The van der Waals surface area contributed by atoms with Gasteiger partial charge in [-0.05, 0) is 51.3 Å². The van der Waals surface area contributed by atoms with Gasteiger partial charge in [-0.25, -0.2) is 4.79 Å². The van der Waals surface area contributed by atoms with E-state index in [-0.39, 0.29) is 30.8 Å². The third kappa shape index (κ3) is 6.77. The van der Waals surface area contributed by atoms with Gasteiger partial charge in [-0.1, -0.05) is 36.2 Å². The zero-order valence-corrected chi connectivity index (χ0v) is 24.6. The van der Waals surface area contributed by atoms with Crippen molar-refractivity contribution in [1.29, 1.82) is 0 Å². The summed E-state index contributed by atoms with van der Waals surface area (Å²) < 4.78 is 22.3. The van der Waals surface area contributed by atoms with Crippen LogP contribution in [0.2, 0.25) is 5.02 Å². The molecule has 10 heteroatoms. The van der Waals surface area contributed by atoms with E-state index < -0.39 is 29.6 Å². The van der Waals surface area contributed by atoms with Crippen molar-refractivity contribution in [2.24, 2.45) is 5.92 Å². The Morgan fingerprint density at radius 1 is 1.41 bits per heavy atom. The molecule has 0 spiro atoms. The standard InChI is InChI=1S/C29H41ClN2O7/c1-9-17(3)13-19-14-20(25(30)21(15-19)36-7)32(6)24(33)11-12-28(5)26(39-28)18(4)22-16-29(35,23(10-2)37-8)31-27(34)38-22/h9-10,14-15,18,22-23,26,35H,2,11-13,16H2,1,3-8H3,(H,31,34)/b17-9+/t18-,22+,23-,26+,28+,29+/m1/s1. The molecule has 2 aliphatic heterocycles. The average Bonchev–Trinajstić information content (AvgIpc) is 3.58. The van der Waals surface area contributed by atoms with E-state index in [2.05, 4.69) is 11.9 Å². The summed E-state index contributed by atoms with van der Waals surface area (Å²) in [5.41, 5.74) is 0.559. The molecule has 1 aromatic rings. The molecule has 0 bridgehead atoms. The molecule has 39 heavy (non-hydrogen) atoms. The Balaban J connectivity index is 1.66. The molecule has 2 amide bonds. The van der Waals surface area contributed by atoms with Crippen LogP contribution in [0.1, 0.15) is 52.5 Å². The van der Waals surface area contributed by atoms with Crippen LogP contribution in [0.4, 0.5) is 10.5 Å². The van der Waals surface area contributed by atoms with Crippen molar-refractivity contribution in [3.8, 4) is 5.75 Å². The van der Waals surface area contributed by atoms with Crippen molar-refractivity contribution in [3.63, 3.8) is 0 Å². The fourth-order valence-corrected chi connectivity index (χ4v) is 5.55. The van der Waals surface area contributed by atoms with E-state index in [1.54, 1.807) is 19.1 Å². The number of amides is 2. The molecular weight excluding hydrogens is 524 g/mol. The van der Waals surface area contributed by atoms with Crippen LogP contribution in [0.15, 0.2) is 36.4 Å². The number of nitrogens with one attached hydrogen (secondary N) is 1. The Morgan fingerprint density at radius 2 is 2.10 bits per heavy atom. The number of benzene rings is 1. The average molecular weight is 565 g/mol. The topological polar surface area (TPSA) is 110 Å². The number of cyclic esters (lactones) is 1. The third-order valence-electron chi connectivity index (χ3n) is 7.88. The van der Waals surface area contributed by atoms with Gasteiger partial charge in [0, 0.05) is 32.9 Å². The number of halogens is 1. The van der Waals surface area contributed by atoms with Crippen LogP contribution in [0.25, 0.3) is 0 Å². The summed E-state index contributed by atoms with van der Waals surface area (Å²) in [6.45, 7) is 11.6. The quantitative estimate of drug-likeness (QED) is 0.278. The van der Waals surface area contributed by atoms with Crippen molar-refractivity contribution < 1.29 is 33.6 Å². The first-order chi connectivity index (χ1) is 18.3. The first kappa shape index (κ1) is 30.9. The van der Waals surface area contributed by atoms with Crippen molar-refractivity contribution in [2.45, 2.75) is 83.0 Å². The summed E-state index contributed by atoms with van der Waals surface area (Å²) in [7, 11) is 4.69. The summed E-state index contributed by atoms with van der Waals surface area (Å²) in [5, 5.41) is 13.8. The first-order valence-corrected chi connectivity index (χ1v) is 13.5. The summed E-state index contributed by atoms with van der Waals surface area (Å²) in [4.78, 5) is 27.0. The molecule has 1 aromatic carbocycles. The van der Waals surface area contributed by atoms with Crippen molar-refractivity contribution in [1.82, 2.24) is 5.32 Å². The minimum atomic E-state index is -1.64. The van der Waals surface area contributed by atoms with Gasteiger partial charge in [0.2, 0.25) is 5.91 Å². The molecule has 2 saturated heterocycles. The highest BCUT2D eigenvalue weighted by Crippen LogP contribution is 2.47. The minimum absolute atomic E-state index is 0.103. The van der Waals surface area contributed by atoms with E-state index in [9.17, 15) is 14.7 Å². The fourth-order valence-electron chi connectivity index (χ4n) is 5.24. The van der Waals surface area contributed by atoms with Gasteiger partial charge in [-0.3, -0.25) is 10.1 Å². The molecular formula is C29H41ClN2O7. The van der Waals surface area contributed by atoms with Crippen LogP contribution in [-0.2, 0) is 25.4 Å². The van der Waals surface area contributed by atoms with Crippen LogP contribution in [0, 0.1) is 5.92 Å². The number of carbonyl (C=O) groups excluding carboxylic acids is 2. The number of alkyl carbamates (subject to hydrolysis) is 1. The largest absolute Gasteiger partial charge is 0.495 e. The smallest absolute Gasteiger partial charge is 0.409 e. The molecule has 2 N–H and O–H groups in total. The molecule has 0 saturated carbocycles. The van der Waals surface area contributed by atoms with Crippen LogP contribution in [0.5, 0.6) is 5.75 Å². The highest BCUT2D eigenvalue weighted by Gasteiger charge is 2.58. The number of aliphatic hydroxyl groups is 1. The fraction of sp³-hybridized carbons (Fsp3) is 0.586. The number of allylic oxidation sites excluding steroid dienone is 2. The Labute approximate surface area is 236 Å². The Kier molecular flexibility index (Phi) is 9.75. The van der Waals surface area contributed by atoms with Crippen LogP contribution >= 0.6 is 11.6 Å². The highest BCUT2D eigenvalue weighted by molar-refractivity contribution is 6.35. The van der Waals surface area contributed by atoms with Crippen molar-refractivity contribution in [3.05, 3.63) is 47.0 Å². The van der Waals surface area contributed by atoms with E-state index >= 15 is 0 Å². The van der Waals surface area contributed by atoms with Crippen LogP contribution in [-0.4, -0.2) is 68.0 Å². The second-order valence-corrected chi connectivity index (χ2v) is 11.1. The van der Waals surface area contributed by atoms with Crippen molar-refractivity contribution in [2.75, 3.05) is 26.2 Å². The summed E-state index contributed by atoms with van der Waals surface area (Å²) in [5.74, 6) is 0.175. The predicted molar refractivity (Wildman–Crippen MR) is 150 cm³/mol. The Hall–Kier alpha value is -2.59. The van der Waals surface area contributed by atoms with E-state index in [4.69, 9.17) is 30.5 Å². The molecule has 0 aromatic heterocycles. The number of hydrogen-bond acceptors (Lipinski definition) is 7. The second-order valence-electron chi connectivity index (χ2n) is 10.7. The third-order valence-corrected chi connectivity index (χ3v) is 8.26. The lowest BCUT2D eigenvalue weighted by atomic mass is 9.85. The number of epoxide rings is 1. The maximum atomic E-state index is 13.2. The summed E-state index contributed by atoms with van der Waals surface area (Å²) in [6.07, 6.45) is 2.60. The zero-order valence-electron chi connectivity index (χ0n) is 23.9. The van der Waals surface area contributed by atoms with Gasteiger partial charge in [0.05, 0.1) is 24.5 Å². The summed E-state index contributed by atoms with van der Waals surface area (Å²) in [6, 6.07) is 3.81. The number of hydrogen-bond donors (Lipinski definition) is 2. The number of methoxy groups -OCH3 is 2. The number of ether oxygens (including phenoxy) is 4. The maximum absolute atomic E-state index is 13.2. The van der Waals surface area contributed by atoms with E-state index in [1.807, 2.05) is 45.9 Å². The van der Waals surface area contributed by atoms with Gasteiger partial charge >= 0.3 is 6.09 Å². The number of carbonyl (C=O) groups is 2. The lowest BCUT2D eigenvalue weighted by molar-refractivity contribution is -0.142. The molecule has 2 fully saturated rings. The molecule has 9 nitrogen and oxygen atoms in total. The van der Waals surface area contributed by atoms with Gasteiger partial charge in [0.15, 0.2) is 5.72 Å². The SMILES string of the molecule is C=C[C@@H](OC)[C@@]1(O)C[C@@H]([C@@H](C)[C@@H]2O[C@@]2(C)CCC(=O)N(C)c2cc(C/C(C)=C/C)cc(OC)c2Cl)OC(=O)N1. The second kappa shape index (κ2) is 12.3. The molecule has 216 valence electrons. The van der Waals surface area contributed by atoms with Gasteiger partial charge < -0.3 is 29.0 Å². The van der Waals surface area contributed by atoms with E-state index in [1.165, 1.54) is 18.8 Å². The number of rotatable bonds is 12. The van der Waals surface area contributed by atoms with E-state index in [0.717, 1.165) is 12.0 Å². The van der Waals surface area contributed by atoms with Gasteiger partial charge in [-0.15, -0.1) is 6.58 Å². The van der Waals surface area contributed by atoms with Gasteiger partial charge in [-0.2, -0.15) is 0 Å². The zero-order chi connectivity index (χ0) is 29.1. The maximum Gasteiger partial charge on any atom is 0.409 e. The van der Waals surface area contributed by atoms with Crippen LogP contribution in [0.3, 0.4) is 0 Å². The highest BCUT2D eigenvalue weighted by atomic mass is 35.5. The molecule has 0 aliphatic carbocycles. The normalized spacial score (nSPS) is 28.1. The molecule has 2 aliphatic rings. The van der Waals surface area contributed by atoms with Crippen LogP contribution < -0.4 is 15.0 Å². The molecule has 0 unspecified atom stereocenters. The van der Waals surface area contributed by atoms with Gasteiger partial charge in [0.25, 0.3) is 0 Å². The Bertz CT molecular complexity index is 1130. The van der Waals surface area contributed by atoms with Gasteiger partial charge in [0.1, 0.15) is 23.0 Å². The lowest BCUT2D eigenvalue weighted by Crippen LogP contribution is -2.63. The van der Waals surface area contributed by atoms with E-state index in [0.29, 0.717) is 22.9 Å².